The second kappa shape index (κ2) is 8.58. The summed E-state index contributed by atoms with van der Waals surface area (Å²) in [6.07, 6.45) is 3.15. The quantitative estimate of drug-likeness (QED) is 0.523. The largest absolute Gasteiger partial charge is 0.473 e. The number of aromatic nitrogens is 2. The van der Waals surface area contributed by atoms with Crippen molar-refractivity contribution in [3.63, 3.8) is 0 Å². The van der Waals surface area contributed by atoms with Gasteiger partial charge in [-0.1, -0.05) is 41.7 Å². The van der Waals surface area contributed by atoms with Crippen LogP contribution in [0.2, 0.25) is 0 Å². The molecular weight excluding hydrogens is 511 g/mol. The highest BCUT2D eigenvalue weighted by atomic mass is 35.6. The van der Waals surface area contributed by atoms with E-state index in [-0.39, 0.29) is 35.5 Å². The molecule has 4 rings (SSSR count). The van der Waals surface area contributed by atoms with Crippen LogP contribution in [0.15, 0.2) is 29.3 Å². The number of amides is 1. The topological polar surface area (TPSA) is 113 Å². The number of carbonyl (C=O) groups excluding carboxylic acids is 1. The Bertz CT molecular complexity index is 1270. The van der Waals surface area contributed by atoms with Gasteiger partial charge < -0.3 is 4.74 Å². The molecule has 1 fully saturated rings. The summed E-state index contributed by atoms with van der Waals surface area (Å²) in [6, 6.07) is 6.77. The molecule has 8 nitrogen and oxygen atoms in total. The van der Waals surface area contributed by atoms with Crippen molar-refractivity contribution in [2.24, 2.45) is 0 Å². The molecule has 1 aliphatic carbocycles. The molecule has 0 atom stereocenters. The van der Waals surface area contributed by atoms with Gasteiger partial charge >= 0.3 is 0 Å². The molecule has 0 spiro atoms. The third kappa shape index (κ3) is 4.76. The Labute approximate surface area is 206 Å². The van der Waals surface area contributed by atoms with Gasteiger partial charge in [0.2, 0.25) is 9.67 Å². The maximum atomic E-state index is 13.3. The van der Waals surface area contributed by atoms with E-state index in [1.807, 2.05) is 0 Å². The van der Waals surface area contributed by atoms with Crippen molar-refractivity contribution in [3.8, 4) is 11.9 Å². The molecule has 12 heteroatoms. The number of nitrogens with zero attached hydrogens (tertiary/aromatic N) is 4. The number of halogens is 3. The molecule has 33 heavy (non-hydrogen) atoms. The molecular formula is C21H19Cl3N4O4S. The summed E-state index contributed by atoms with van der Waals surface area (Å²) in [5, 5.41) is 9.50. The van der Waals surface area contributed by atoms with Crippen LogP contribution in [0.25, 0.3) is 0 Å². The molecule has 1 aliphatic heterocycles. The average molecular weight is 530 g/mol. The van der Waals surface area contributed by atoms with Gasteiger partial charge in [-0.15, -0.1) is 0 Å². The van der Waals surface area contributed by atoms with Crippen molar-refractivity contribution in [2.75, 3.05) is 23.8 Å². The van der Waals surface area contributed by atoms with Crippen LogP contribution in [0.3, 0.4) is 0 Å². The summed E-state index contributed by atoms with van der Waals surface area (Å²) in [5.74, 6) is -0.314. The van der Waals surface area contributed by atoms with Crippen molar-refractivity contribution < 1.29 is 17.9 Å². The summed E-state index contributed by atoms with van der Waals surface area (Å²) in [7, 11) is -3.71. The smallest absolute Gasteiger partial charge is 0.261 e. The number of hydrogen-bond acceptors (Lipinski definition) is 7. The lowest BCUT2D eigenvalue weighted by molar-refractivity contribution is 0.0978. The number of rotatable bonds is 6. The fourth-order valence-electron chi connectivity index (χ4n) is 3.65. The summed E-state index contributed by atoms with van der Waals surface area (Å²) in [6.45, 7) is 1.50. The van der Waals surface area contributed by atoms with E-state index in [9.17, 15) is 18.5 Å². The van der Waals surface area contributed by atoms with Crippen LogP contribution in [0, 0.1) is 11.3 Å². The Kier molecular flexibility index (Phi) is 6.25. The minimum atomic E-state index is -3.71. The highest BCUT2D eigenvalue weighted by Crippen LogP contribution is 2.48. The highest BCUT2D eigenvalue weighted by molar-refractivity contribution is 7.91. The first kappa shape index (κ1) is 24.0. The van der Waals surface area contributed by atoms with Crippen LogP contribution in [0.5, 0.6) is 5.88 Å². The number of ether oxygens (including phenoxy) is 1. The second-order valence-electron chi connectivity index (χ2n) is 7.90. The Morgan fingerprint density at radius 1 is 1.30 bits per heavy atom. The first-order valence-electron chi connectivity index (χ1n) is 10.2. The van der Waals surface area contributed by atoms with Gasteiger partial charge in [0.05, 0.1) is 28.5 Å². The molecule has 0 N–H and O–H groups in total. The van der Waals surface area contributed by atoms with E-state index in [4.69, 9.17) is 39.5 Å². The van der Waals surface area contributed by atoms with Crippen LogP contribution in [0.1, 0.15) is 41.4 Å². The maximum absolute atomic E-state index is 13.3. The van der Waals surface area contributed by atoms with Gasteiger partial charge in [-0.25, -0.2) is 18.4 Å². The number of sulfone groups is 1. The van der Waals surface area contributed by atoms with Crippen molar-refractivity contribution in [1.29, 1.82) is 5.26 Å². The van der Waals surface area contributed by atoms with Crippen molar-refractivity contribution in [1.82, 2.24) is 9.97 Å². The minimum absolute atomic E-state index is 0.0450. The summed E-state index contributed by atoms with van der Waals surface area (Å²) in [4.78, 5) is 23.2. The van der Waals surface area contributed by atoms with E-state index in [0.717, 1.165) is 0 Å². The number of pyridine rings is 2. The minimum Gasteiger partial charge on any atom is -0.473 e. The summed E-state index contributed by atoms with van der Waals surface area (Å²) >= 11 is 17.1. The van der Waals surface area contributed by atoms with E-state index in [1.165, 1.54) is 30.2 Å². The zero-order chi connectivity index (χ0) is 24.0. The second-order valence-corrected chi connectivity index (χ2v) is 12.7. The summed E-state index contributed by atoms with van der Waals surface area (Å²) < 4.78 is 29.5. The predicted molar refractivity (Wildman–Crippen MR) is 124 cm³/mol. The molecule has 0 aromatic carbocycles. The van der Waals surface area contributed by atoms with E-state index < -0.39 is 25.0 Å². The first-order valence-corrected chi connectivity index (χ1v) is 12.9. The number of carbonyl (C=O) groups is 1. The van der Waals surface area contributed by atoms with Crippen LogP contribution in [-0.2, 0) is 21.7 Å². The lowest BCUT2D eigenvalue weighted by Crippen LogP contribution is -2.39. The van der Waals surface area contributed by atoms with E-state index >= 15 is 0 Å². The van der Waals surface area contributed by atoms with Crippen LogP contribution in [-0.4, -0.2) is 47.0 Å². The third-order valence-electron chi connectivity index (χ3n) is 5.70. The van der Waals surface area contributed by atoms with Gasteiger partial charge in [-0.05, 0) is 30.5 Å². The van der Waals surface area contributed by atoms with Crippen molar-refractivity contribution in [2.45, 2.75) is 40.3 Å². The molecule has 0 radical (unpaired) electrons. The molecule has 0 unspecified atom stereocenters. The lowest BCUT2D eigenvalue weighted by Gasteiger charge is -2.29. The Hall–Kier alpha value is -2.12. The molecule has 1 amide bonds. The van der Waals surface area contributed by atoms with Gasteiger partial charge in [0.1, 0.15) is 11.5 Å². The molecule has 0 saturated heterocycles. The molecule has 0 bridgehead atoms. The fourth-order valence-corrected chi connectivity index (χ4v) is 4.87. The van der Waals surface area contributed by atoms with Gasteiger partial charge in [0, 0.05) is 25.2 Å². The SMILES string of the molecule is CCS(=O)(=O)c1cc(C2(C#N)CC2)cnc1N1CCc2nc(OCC(Cl)(Cl)Cl)ccc2C1=O. The molecule has 174 valence electrons. The Morgan fingerprint density at radius 3 is 2.64 bits per heavy atom. The molecule has 1 saturated carbocycles. The Morgan fingerprint density at radius 2 is 2.03 bits per heavy atom. The Balaban J connectivity index is 1.68. The van der Waals surface area contributed by atoms with Gasteiger partial charge in [-0.2, -0.15) is 5.26 Å². The highest BCUT2D eigenvalue weighted by Gasteiger charge is 2.46. The number of hydrogen-bond donors (Lipinski definition) is 0. The third-order valence-corrected chi connectivity index (χ3v) is 7.76. The van der Waals surface area contributed by atoms with Gasteiger partial charge in [0.25, 0.3) is 5.91 Å². The van der Waals surface area contributed by atoms with Crippen LogP contribution >= 0.6 is 34.8 Å². The molecule has 3 heterocycles. The molecule has 2 aromatic heterocycles. The zero-order valence-electron chi connectivity index (χ0n) is 17.5. The van der Waals surface area contributed by atoms with Crippen molar-refractivity contribution >= 4 is 56.4 Å². The van der Waals surface area contributed by atoms with Gasteiger partial charge in [-0.3, -0.25) is 9.69 Å². The molecule has 2 aromatic rings. The number of fused-ring (bicyclic) bond motifs is 1. The first-order chi connectivity index (χ1) is 15.5. The fraction of sp³-hybridized carbons (Fsp3) is 0.429. The van der Waals surface area contributed by atoms with Crippen molar-refractivity contribution in [3.05, 3.63) is 41.2 Å². The average Bonchev–Trinajstić information content (AvgIpc) is 3.58. The maximum Gasteiger partial charge on any atom is 0.261 e. The van der Waals surface area contributed by atoms with E-state index in [0.29, 0.717) is 36.1 Å². The van der Waals surface area contributed by atoms with E-state index in [1.54, 1.807) is 6.07 Å². The van der Waals surface area contributed by atoms with E-state index in [2.05, 4.69) is 16.0 Å². The number of nitriles is 1. The standard InChI is InChI=1S/C21H19Cl3N4O4S/c1-2-33(30,31)16-9-13(20(11-25)6-7-20)10-26-18(16)28-8-5-15-14(19(28)29)3-4-17(27-15)32-12-21(22,23)24/h3-4,9-10H,2,5-8,12H2,1H3. The summed E-state index contributed by atoms with van der Waals surface area (Å²) in [5.41, 5.74) is 0.664. The zero-order valence-corrected chi connectivity index (χ0v) is 20.6. The predicted octanol–water partition coefficient (Wildman–Crippen LogP) is 3.78. The normalized spacial score (nSPS) is 17.3. The molecule has 2 aliphatic rings. The van der Waals surface area contributed by atoms with Gasteiger partial charge in [0.15, 0.2) is 15.7 Å². The number of anilines is 1. The monoisotopic (exact) mass is 528 g/mol. The van der Waals surface area contributed by atoms with Crippen LogP contribution in [0.4, 0.5) is 5.82 Å². The van der Waals surface area contributed by atoms with Crippen LogP contribution < -0.4 is 9.64 Å². The number of alkyl halides is 3. The lowest BCUT2D eigenvalue weighted by atomic mass is 9.99.